The molecule has 3 nitrogen and oxygen atoms in total. The second-order valence-corrected chi connectivity index (χ2v) is 4.95. The van der Waals surface area contributed by atoms with Crippen LogP contribution in [0.2, 0.25) is 10.4 Å². The van der Waals surface area contributed by atoms with Crippen molar-refractivity contribution < 1.29 is 4.74 Å². The van der Waals surface area contributed by atoms with Crippen LogP contribution in [-0.2, 0) is 10.2 Å². The molecule has 1 aromatic rings. The SMILES string of the molecule is Clc1cc(C23CCOCC2C3)nc(Cl)n1. The van der Waals surface area contributed by atoms with E-state index in [-0.39, 0.29) is 10.7 Å². The van der Waals surface area contributed by atoms with E-state index in [4.69, 9.17) is 27.9 Å². The summed E-state index contributed by atoms with van der Waals surface area (Å²) in [5.74, 6) is 0.591. The first kappa shape index (κ1) is 9.82. The maximum absolute atomic E-state index is 5.88. The van der Waals surface area contributed by atoms with Gasteiger partial charge in [-0.15, -0.1) is 0 Å². The Labute approximate surface area is 97.8 Å². The predicted molar refractivity (Wildman–Crippen MR) is 57.3 cm³/mol. The monoisotopic (exact) mass is 244 g/mol. The lowest BCUT2D eigenvalue weighted by molar-refractivity contribution is 0.0794. The summed E-state index contributed by atoms with van der Waals surface area (Å²) in [4.78, 5) is 8.15. The van der Waals surface area contributed by atoms with E-state index in [1.54, 1.807) is 0 Å². The van der Waals surface area contributed by atoms with Crippen molar-refractivity contribution in [1.29, 1.82) is 0 Å². The molecule has 0 N–H and O–H groups in total. The number of hydrogen-bond donors (Lipinski definition) is 0. The van der Waals surface area contributed by atoms with Gasteiger partial charge in [0.25, 0.3) is 0 Å². The molecule has 1 aliphatic heterocycles. The topological polar surface area (TPSA) is 35.0 Å². The van der Waals surface area contributed by atoms with E-state index in [0.717, 1.165) is 31.7 Å². The van der Waals surface area contributed by atoms with Crippen LogP contribution in [0.25, 0.3) is 0 Å². The summed E-state index contributed by atoms with van der Waals surface area (Å²) in [6, 6.07) is 1.83. The van der Waals surface area contributed by atoms with E-state index in [0.29, 0.717) is 11.1 Å². The van der Waals surface area contributed by atoms with E-state index in [1.165, 1.54) is 0 Å². The third kappa shape index (κ3) is 1.53. The molecule has 5 heteroatoms. The molecule has 1 aromatic heterocycles. The molecule has 3 rings (SSSR count). The van der Waals surface area contributed by atoms with Gasteiger partial charge in [-0.25, -0.2) is 9.97 Å². The van der Waals surface area contributed by atoms with Gasteiger partial charge in [-0.2, -0.15) is 0 Å². The quantitative estimate of drug-likeness (QED) is 0.563. The summed E-state index contributed by atoms with van der Waals surface area (Å²) in [5.41, 5.74) is 1.16. The molecule has 2 heterocycles. The van der Waals surface area contributed by atoms with Gasteiger partial charge in [-0.3, -0.25) is 0 Å². The van der Waals surface area contributed by atoms with E-state index < -0.39 is 0 Å². The Bertz CT molecular complexity index is 392. The lowest BCUT2D eigenvalue weighted by Gasteiger charge is -2.21. The van der Waals surface area contributed by atoms with Crippen molar-refractivity contribution in [3.05, 3.63) is 22.2 Å². The first-order chi connectivity index (χ1) is 7.21. The largest absolute Gasteiger partial charge is 0.381 e. The van der Waals surface area contributed by atoms with Crippen LogP contribution in [0.3, 0.4) is 0 Å². The Kier molecular flexibility index (Phi) is 2.16. The average molecular weight is 245 g/mol. The fourth-order valence-electron chi connectivity index (χ4n) is 2.47. The van der Waals surface area contributed by atoms with Crippen molar-refractivity contribution in [1.82, 2.24) is 9.97 Å². The predicted octanol–water partition coefficient (Wildman–Crippen LogP) is 2.46. The molecule has 0 bridgehead atoms. The fourth-order valence-corrected chi connectivity index (χ4v) is 2.88. The molecule has 0 radical (unpaired) electrons. The number of fused-ring (bicyclic) bond motifs is 1. The van der Waals surface area contributed by atoms with E-state index >= 15 is 0 Å². The normalized spacial score (nSPS) is 33.6. The zero-order valence-corrected chi connectivity index (χ0v) is 9.55. The van der Waals surface area contributed by atoms with Gasteiger partial charge < -0.3 is 4.74 Å². The number of aromatic nitrogens is 2. The van der Waals surface area contributed by atoms with Gasteiger partial charge in [0.2, 0.25) is 5.28 Å². The molecule has 0 aromatic carbocycles. The van der Waals surface area contributed by atoms with Crippen LogP contribution < -0.4 is 0 Å². The van der Waals surface area contributed by atoms with Gasteiger partial charge >= 0.3 is 0 Å². The highest BCUT2D eigenvalue weighted by Crippen LogP contribution is 2.58. The summed E-state index contributed by atoms with van der Waals surface area (Å²) < 4.78 is 5.42. The summed E-state index contributed by atoms with van der Waals surface area (Å²) in [6.07, 6.45) is 2.15. The van der Waals surface area contributed by atoms with Crippen LogP contribution in [0, 0.1) is 5.92 Å². The molecule has 0 amide bonds. The zero-order valence-electron chi connectivity index (χ0n) is 8.04. The Morgan fingerprint density at radius 2 is 2.27 bits per heavy atom. The molecule has 2 aliphatic rings. The van der Waals surface area contributed by atoms with Crippen LogP contribution in [-0.4, -0.2) is 23.2 Å². The van der Waals surface area contributed by atoms with Gasteiger partial charge in [-0.05, 0) is 36.4 Å². The minimum absolute atomic E-state index is 0.175. The molecule has 2 atom stereocenters. The Morgan fingerprint density at radius 3 is 3.00 bits per heavy atom. The summed E-state index contributed by atoms with van der Waals surface area (Å²) >= 11 is 11.7. The molecule has 15 heavy (non-hydrogen) atoms. The minimum atomic E-state index is 0.175. The number of ether oxygens (including phenoxy) is 1. The van der Waals surface area contributed by atoms with Gasteiger partial charge in [0, 0.05) is 12.0 Å². The lowest BCUT2D eigenvalue weighted by atomic mass is 9.94. The smallest absolute Gasteiger partial charge is 0.224 e. The fraction of sp³-hybridized carbons (Fsp3) is 0.600. The number of halogens is 2. The second-order valence-electron chi connectivity index (χ2n) is 4.23. The number of rotatable bonds is 1. The molecule has 2 unspecified atom stereocenters. The second kappa shape index (κ2) is 3.30. The summed E-state index contributed by atoms with van der Waals surface area (Å²) in [7, 11) is 0. The van der Waals surface area contributed by atoms with Gasteiger partial charge in [0.15, 0.2) is 0 Å². The Balaban J connectivity index is 1.99. The highest BCUT2D eigenvalue weighted by Gasteiger charge is 2.57. The maximum Gasteiger partial charge on any atom is 0.224 e. The molecule has 2 fully saturated rings. The number of nitrogens with zero attached hydrogens (tertiary/aromatic N) is 2. The van der Waals surface area contributed by atoms with Crippen LogP contribution in [0.15, 0.2) is 6.07 Å². The lowest BCUT2D eigenvalue weighted by Crippen LogP contribution is -2.22. The highest BCUT2D eigenvalue weighted by molar-refractivity contribution is 6.31. The van der Waals surface area contributed by atoms with Crippen LogP contribution in [0.5, 0.6) is 0 Å². The first-order valence-electron chi connectivity index (χ1n) is 4.99. The third-order valence-corrected chi connectivity index (χ3v) is 3.78. The molecule has 0 spiro atoms. The molecule has 80 valence electrons. The summed E-state index contributed by atoms with van der Waals surface area (Å²) in [6.45, 7) is 1.63. The average Bonchev–Trinajstić information content (AvgIpc) is 2.91. The standard InChI is InChI=1S/C10H10Cl2N2O/c11-8-3-7(13-9(12)14-8)10-1-2-15-5-6(10)4-10/h3,6H,1-2,4-5H2. The Hall–Kier alpha value is -0.380. The third-order valence-electron chi connectivity index (χ3n) is 3.42. The first-order valence-corrected chi connectivity index (χ1v) is 5.75. The molecule has 1 saturated heterocycles. The molecular weight excluding hydrogens is 235 g/mol. The minimum Gasteiger partial charge on any atom is -0.381 e. The summed E-state index contributed by atoms with van der Waals surface area (Å²) in [5, 5.41) is 0.667. The van der Waals surface area contributed by atoms with Crippen molar-refractivity contribution in [3.63, 3.8) is 0 Å². The van der Waals surface area contributed by atoms with Crippen molar-refractivity contribution in [3.8, 4) is 0 Å². The van der Waals surface area contributed by atoms with Crippen molar-refractivity contribution in [2.45, 2.75) is 18.3 Å². The van der Waals surface area contributed by atoms with Gasteiger partial charge in [0.05, 0.1) is 12.3 Å². The van der Waals surface area contributed by atoms with Gasteiger partial charge in [0.1, 0.15) is 5.15 Å². The van der Waals surface area contributed by atoms with Crippen molar-refractivity contribution >= 4 is 23.2 Å². The molecular formula is C10H10Cl2N2O. The van der Waals surface area contributed by atoms with Gasteiger partial charge in [-0.1, -0.05) is 11.6 Å². The number of hydrogen-bond acceptors (Lipinski definition) is 3. The molecule has 1 aliphatic carbocycles. The van der Waals surface area contributed by atoms with Crippen LogP contribution in [0.4, 0.5) is 0 Å². The van der Waals surface area contributed by atoms with Crippen molar-refractivity contribution in [2.75, 3.05) is 13.2 Å². The molecule has 1 saturated carbocycles. The zero-order chi connectivity index (χ0) is 10.5. The highest BCUT2D eigenvalue weighted by atomic mass is 35.5. The van der Waals surface area contributed by atoms with E-state index in [9.17, 15) is 0 Å². The van der Waals surface area contributed by atoms with E-state index in [1.807, 2.05) is 6.07 Å². The van der Waals surface area contributed by atoms with Crippen molar-refractivity contribution in [2.24, 2.45) is 5.92 Å². The van der Waals surface area contributed by atoms with E-state index in [2.05, 4.69) is 9.97 Å². The maximum atomic E-state index is 5.88. The Morgan fingerprint density at radius 1 is 1.40 bits per heavy atom. The van der Waals surface area contributed by atoms with Crippen LogP contribution in [0.1, 0.15) is 18.5 Å². The van der Waals surface area contributed by atoms with Crippen LogP contribution >= 0.6 is 23.2 Å².